The molecule has 1 rings (SSSR count). The lowest BCUT2D eigenvalue weighted by molar-refractivity contribution is 0.0979. The lowest BCUT2D eigenvalue weighted by Gasteiger charge is -2.09. The summed E-state index contributed by atoms with van der Waals surface area (Å²) in [6.45, 7) is 3.91. The summed E-state index contributed by atoms with van der Waals surface area (Å²) in [4.78, 5) is 11.8. The number of carbonyl (C=O) groups excluding carboxylic acids is 1. The Balaban J connectivity index is 2.95. The average molecular weight is 206 g/mol. The molecule has 0 heterocycles. The van der Waals surface area contributed by atoms with Gasteiger partial charge in [-0.1, -0.05) is 13.3 Å². The second-order valence-corrected chi connectivity index (χ2v) is 3.77. The number of nitrogen functional groups attached to an aromatic ring is 2. The zero-order valence-electron chi connectivity index (χ0n) is 9.34. The highest BCUT2D eigenvalue weighted by Gasteiger charge is 2.11. The SMILES string of the molecule is CCCCC(=O)c1ccc(N)c(N)c1C. The van der Waals surface area contributed by atoms with Crippen LogP contribution in [0.15, 0.2) is 12.1 Å². The van der Waals surface area contributed by atoms with Crippen LogP contribution in [0.1, 0.15) is 42.1 Å². The van der Waals surface area contributed by atoms with E-state index >= 15 is 0 Å². The Bertz CT molecular complexity index is 372. The van der Waals surface area contributed by atoms with Gasteiger partial charge in [0.15, 0.2) is 5.78 Å². The Morgan fingerprint density at radius 3 is 2.60 bits per heavy atom. The molecule has 0 unspecified atom stereocenters. The van der Waals surface area contributed by atoms with Gasteiger partial charge in [-0.2, -0.15) is 0 Å². The molecular weight excluding hydrogens is 188 g/mol. The first-order valence-electron chi connectivity index (χ1n) is 5.25. The summed E-state index contributed by atoms with van der Waals surface area (Å²) in [7, 11) is 0. The highest BCUT2D eigenvalue weighted by atomic mass is 16.1. The first-order chi connectivity index (χ1) is 7.07. The van der Waals surface area contributed by atoms with Crippen LogP contribution in [0, 0.1) is 6.92 Å². The van der Waals surface area contributed by atoms with Gasteiger partial charge in [-0.3, -0.25) is 4.79 Å². The number of ketones is 1. The van der Waals surface area contributed by atoms with E-state index in [2.05, 4.69) is 6.92 Å². The highest BCUT2D eigenvalue weighted by Crippen LogP contribution is 2.24. The Labute approximate surface area is 90.5 Å². The number of rotatable bonds is 4. The van der Waals surface area contributed by atoms with Crippen molar-refractivity contribution in [2.24, 2.45) is 0 Å². The summed E-state index contributed by atoms with van der Waals surface area (Å²) in [5, 5.41) is 0. The quantitative estimate of drug-likeness (QED) is 0.587. The second kappa shape index (κ2) is 4.82. The van der Waals surface area contributed by atoms with Gasteiger partial charge in [0.2, 0.25) is 0 Å². The Kier molecular flexibility index (Phi) is 3.72. The molecule has 0 atom stereocenters. The monoisotopic (exact) mass is 206 g/mol. The van der Waals surface area contributed by atoms with Crippen molar-refractivity contribution in [3.8, 4) is 0 Å². The fraction of sp³-hybridized carbons (Fsp3) is 0.417. The van der Waals surface area contributed by atoms with E-state index < -0.39 is 0 Å². The zero-order valence-corrected chi connectivity index (χ0v) is 9.34. The molecule has 0 amide bonds. The minimum absolute atomic E-state index is 0.154. The first kappa shape index (κ1) is 11.6. The Hall–Kier alpha value is -1.51. The van der Waals surface area contributed by atoms with Crippen LogP contribution in [0.25, 0.3) is 0 Å². The number of hydrogen-bond donors (Lipinski definition) is 2. The summed E-state index contributed by atoms with van der Waals surface area (Å²) >= 11 is 0. The molecule has 1 aromatic rings. The van der Waals surface area contributed by atoms with E-state index in [4.69, 9.17) is 11.5 Å². The number of unbranched alkanes of at least 4 members (excludes halogenated alkanes) is 1. The minimum Gasteiger partial charge on any atom is -0.397 e. The summed E-state index contributed by atoms with van der Waals surface area (Å²) in [6.07, 6.45) is 2.53. The summed E-state index contributed by atoms with van der Waals surface area (Å²) in [5.74, 6) is 0.154. The maximum atomic E-state index is 11.8. The molecular formula is C12H18N2O. The van der Waals surface area contributed by atoms with Crippen LogP contribution in [0.3, 0.4) is 0 Å². The van der Waals surface area contributed by atoms with E-state index in [1.54, 1.807) is 12.1 Å². The Morgan fingerprint density at radius 2 is 2.00 bits per heavy atom. The van der Waals surface area contributed by atoms with Crippen LogP contribution in [0.5, 0.6) is 0 Å². The van der Waals surface area contributed by atoms with E-state index in [-0.39, 0.29) is 5.78 Å². The fourth-order valence-electron chi connectivity index (χ4n) is 1.52. The van der Waals surface area contributed by atoms with Crippen LogP contribution in [-0.4, -0.2) is 5.78 Å². The molecule has 0 aliphatic carbocycles. The van der Waals surface area contributed by atoms with Gasteiger partial charge in [-0.15, -0.1) is 0 Å². The molecule has 15 heavy (non-hydrogen) atoms. The zero-order chi connectivity index (χ0) is 11.4. The van der Waals surface area contributed by atoms with Gasteiger partial charge in [0.05, 0.1) is 11.4 Å². The molecule has 4 N–H and O–H groups in total. The molecule has 0 bridgehead atoms. The van der Waals surface area contributed by atoms with E-state index in [9.17, 15) is 4.79 Å². The molecule has 0 fully saturated rings. The lowest BCUT2D eigenvalue weighted by atomic mass is 9.99. The van der Waals surface area contributed by atoms with Crippen LogP contribution in [-0.2, 0) is 0 Å². The normalized spacial score (nSPS) is 10.3. The third kappa shape index (κ3) is 2.49. The maximum Gasteiger partial charge on any atom is 0.163 e. The third-order valence-corrected chi connectivity index (χ3v) is 2.61. The molecule has 0 radical (unpaired) electrons. The van der Waals surface area contributed by atoms with Crippen molar-refractivity contribution >= 4 is 17.2 Å². The molecule has 1 aromatic carbocycles. The number of benzene rings is 1. The van der Waals surface area contributed by atoms with Gasteiger partial charge in [-0.25, -0.2) is 0 Å². The predicted octanol–water partition coefficient (Wildman–Crippen LogP) is 2.53. The van der Waals surface area contributed by atoms with Gasteiger partial charge in [0.1, 0.15) is 0 Å². The summed E-state index contributed by atoms with van der Waals surface area (Å²) in [5.41, 5.74) is 14.0. The van der Waals surface area contributed by atoms with Crippen LogP contribution in [0.2, 0.25) is 0 Å². The number of nitrogens with two attached hydrogens (primary N) is 2. The van der Waals surface area contributed by atoms with E-state index in [1.807, 2.05) is 6.92 Å². The molecule has 3 nitrogen and oxygen atoms in total. The molecule has 0 aliphatic rings. The van der Waals surface area contributed by atoms with Crippen molar-refractivity contribution in [1.82, 2.24) is 0 Å². The highest BCUT2D eigenvalue weighted by molar-refractivity contribution is 5.99. The molecule has 0 saturated carbocycles. The smallest absolute Gasteiger partial charge is 0.163 e. The molecule has 0 aliphatic heterocycles. The van der Waals surface area contributed by atoms with Gasteiger partial charge in [0.25, 0.3) is 0 Å². The molecule has 0 aromatic heterocycles. The summed E-state index contributed by atoms with van der Waals surface area (Å²) < 4.78 is 0. The van der Waals surface area contributed by atoms with Gasteiger partial charge in [0, 0.05) is 12.0 Å². The second-order valence-electron chi connectivity index (χ2n) is 3.77. The molecule has 0 spiro atoms. The van der Waals surface area contributed by atoms with Gasteiger partial charge in [-0.05, 0) is 31.0 Å². The van der Waals surface area contributed by atoms with Gasteiger partial charge < -0.3 is 11.5 Å². The van der Waals surface area contributed by atoms with Crippen molar-refractivity contribution in [2.75, 3.05) is 11.5 Å². The topological polar surface area (TPSA) is 69.1 Å². The molecule has 82 valence electrons. The van der Waals surface area contributed by atoms with Crippen molar-refractivity contribution in [3.63, 3.8) is 0 Å². The van der Waals surface area contributed by atoms with E-state index in [0.29, 0.717) is 23.4 Å². The predicted molar refractivity (Wildman–Crippen MR) is 63.9 cm³/mol. The molecule has 3 heteroatoms. The maximum absolute atomic E-state index is 11.8. The van der Waals surface area contributed by atoms with Crippen LogP contribution in [0.4, 0.5) is 11.4 Å². The first-order valence-corrected chi connectivity index (χ1v) is 5.25. The third-order valence-electron chi connectivity index (χ3n) is 2.61. The van der Waals surface area contributed by atoms with Crippen LogP contribution < -0.4 is 11.5 Å². The summed E-state index contributed by atoms with van der Waals surface area (Å²) in [6, 6.07) is 3.46. The number of hydrogen-bond acceptors (Lipinski definition) is 3. The van der Waals surface area contributed by atoms with Crippen molar-refractivity contribution in [2.45, 2.75) is 33.1 Å². The number of anilines is 2. The fourth-order valence-corrected chi connectivity index (χ4v) is 1.52. The van der Waals surface area contributed by atoms with E-state index in [1.165, 1.54) is 0 Å². The average Bonchev–Trinajstić information content (AvgIpc) is 2.23. The van der Waals surface area contributed by atoms with Crippen molar-refractivity contribution in [1.29, 1.82) is 0 Å². The number of Topliss-reactive ketones (excluding diaryl/α,β-unsaturated/α-hetero) is 1. The van der Waals surface area contributed by atoms with Crippen LogP contribution >= 0.6 is 0 Å². The van der Waals surface area contributed by atoms with E-state index in [0.717, 1.165) is 18.4 Å². The lowest BCUT2D eigenvalue weighted by Crippen LogP contribution is -2.06. The van der Waals surface area contributed by atoms with Gasteiger partial charge >= 0.3 is 0 Å². The number of carbonyl (C=O) groups is 1. The van der Waals surface area contributed by atoms with Crippen molar-refractivity contribution < 1.29 is 4.79 Å². The Morgan fingerprint density at radius 1 is 1.33 bits per heavy atom. The largest absolute Gasteiger partial charge is 0.397 e. The standard InChI is InChI=1S/C12H18N2O/c1-3-4-5-11(15)9-6-7-10(13)12(14)8(9)2/h6-7H,3-5,13-14H2,1-2H3. The minimum atomic E-state index is 0.154. The van der Waals surface area contributed by atoms with Crippen molar-refractivity contribution in [3.05, 3.63) is 23.3 Å². The molecule has 0 saturated heterocycles.